The molecular formula is C26H23N5O3. The summed E-state index contributed by atoms with van der Waals surface area (Å²) in [5.41, 5.74) is 3.97. The van der Waals surface area contributed by atoms with Crippen LogP contribution in [-0.2, 0) is 13.0 Å². The molecule has 170 valence electrons. The number of H-pyrrole nitrogens is 1. The van der Waals surface area contributed by atoms with Crippen molar-refractivity contribution < 1.29 is 9.21 Å². The second kappa shape index (κ2) is 8.82. The number of hydrogen-bond donors (Lipinski definition) is 1. The van der Waals surface area contributed by atoms with Crippen molar-refractivity contribution in [2.45, 2.75) is 26.8 Å². The molecule has 0 radical (unpaired) electrons. The largest absolute Gasteiger partial charge is 0.459 e. The molecule has 34 heavy (non-hydrogen) atoms. The Labute approximate surface area is 195 Å². The third kappa shape index (κ3) is 4.13. The molecule has 0 atom stereocenters. The zero-order valence-corrected chi connectivity index (χ0v) is 18.9. The molecule has 1 N–H and O–H groups in total. The molecule has 0 aliphatic rings. The van der Waals surface area contributed by atoms with Gasteiger partial charge in [-0.25, -0.2) is 4.98 Å². The van der Waals surface area contributed by atoms with Crippen LogP contribution in [0.5, 0.6) is 0 Å². The Hall–Kier alpha value is -4.46. The Morgan fingerprint density at radius 2 is 1.74 bits per heavy atom. The van der Waals surface area contributed by atoms with Crippen LogP contribution in [0.1, 0.15) is 38.5 Å². The summed E-state index contributed by atoms with van der Waals surface area (Å²) in [7, 11) is 0. The molecule has 0 saturated heterocycles. The first kappa shape index (κ1) is 21.4. The Balaban J connectivity index is 1.57. The van der Waals surface area contributed by atoms with Crippen molar-refractivity contribution in [1.82, 2.24) is 19.6 Å². The quantitative estimate of drug-likeness (QED) is 0.418. The van der Waals surface area contributed by atoms with Crippen LogP contribution in [-0.4, -0.2) is 25.5 Å². The molecule has 8 nitrogen and oxygen atoms in total. The molecular weight excluding hydrogens is 430 g/mol. The average molecular weight is 454 g/mol. The van der Waals surface area contributed by atoms with E-state index in [9.17, 15) is 9.59 Å². The minimum absolute atomic E-state index is 0.175. The zero-order chi connectivity index (χ0) is 23.7. The van der Waals surface area contributed by atoms with E-state index < -0.39 is 0 Å². The summed E-state index contributed by atoms with van der Waals surface area (Å²) in [6.07, 6.45) is 1.90. The number of aromatic nitrogens is 4. The topological polar surface area (TPSA) is 96.5 Å². The lowest BCUT2D eigenvalue weighted by Crippen LogP contribution is -2.31. The number of amides is 1. The highest BCUT2D eigenvalue weighted by Crippen LogP contribution is 2.19. The van der Waals surface area contributed by atoms with E-state index in [2.05, 4.69) is 15.1 Å². The van der Waals surface area contributed by atoms with Gasteiger partial charge in [-0.05, 0) is 37.1 Å². The molecule has 3 heterocycles. The van der Waals surface area contributed by atoms with Gasteiger partial charge in [-0.15, -0.1) is 0 Å². The van der Waals surface area contributed by atoms with Crippen molar-refractivity contribution in [3.63, 3.8) is 0 Å². The van der Waals surface area contributed by atoms with Crippen LogP contribution >= 0.6 is 0 Å². The molecule has 0 spiro atoms. The lowest BCUT2D eigenvalue weighted by Gasteiger charge is -2.18. The summed E-state index contributed by atoms with van der Waals surface area (Å²) < 4.78 is 6.63. The van der Waals surface area contributed by atoms with Gasteiger partial charge in [0.15, 0.2) is 5.76 Å². The fourth-order valence-corrected chi connectivity index (χ4v) is 3.82. The number of nitrogens with one attached hydrogen (secondary N) is 1. The van der Waals surface area contributed by atoms with Crippen LogP contribution in [0.3, 0.4) is 0 Å². The van der Waals surface area contributed by atoms with Gasteiger partial charge in [0, 0.05) is 12.0 Å². The summed E-state index contributed by atoms with van der Waals surface area (Å²) in [6.45, 7) is 4.04. The van der Waals surface area contributed by atoms with Gasteiger partial charge in [-0.3, -0.25) is 19.6 Å². The van der Waals surface area contributed by atoms with Crippen LogP contribution in [0.15, 0.2) is 82.2 Å². The number of carbonyl (C=O) groups is 1. The molecule has 1 amide bonds. The number of hydrogen-bond acceptors (Lipinski definition) is 5. The number of benzene rings is 2. The highest BCUT2D eigenvalue weighted by atomic mass is 16.3. The van der Waals surface area contributed by atoms with Crippen molar-refractivity contribution in [2.24, 2.45) is 0 Å². The third-order valence-corrected chi connectivity index (χ3v) is 5.70. The van der Waals surface area contributed by atoms with Crippen molar-refractivity contribution in [3.05, 3.63) is 117 Å². The average Bonchev–Trinajstić information content (AvgIpc) is 3.52. The first-order valence-electron chi connectivity index (χ1n) is 10.9. The van der Waals surface area contributed by atoms with Crippen molar-refractivity contribution >= 4 is 17.6 Å². The standard InChI is InChI=1S/C26H23N5O3/c1-17-10-12-20(13-11-17)16-30(24(33)22-9-6-14-34-22)26-28-25-27-18(2)21(23(32)31(25)29-26)15-19-7-4-3-5-8-19/h3-14H,15-16H2,1-2H3,(H,27,28,29). The summed E-state index contributed by atoms with van der Waals surface area (Å²) in [5, 5.41) is 2.99. The first-order chi connectivity index (χ1) is 16.5. The van der Waals surface area contributed by atoms with Gasteiger partial charge in [0.1, 0.15) is 0 Å². The number of aromatic amines is 1. The highest BCUT2D eigenvalue weighted by molar-refractivity contribution is 6.03. The smallest absolute Gasteiger partial charge is 0.296 e. The molecule has 0 bridgehead atoms. The number of aryl methyl sites for hydroxylation is 2. The van der Waals surface area contributed by atoms with E-state index in [-0.39, 0.29) is 35.5 Å². The lowest BCUT2D eigenvalue weighted by molar-refractivity contribution is 0.0956. The molecule has 2 aromatic carbocycles. The van der Waals surface area contributed by atoms with E-state index in [1.807, 2.05) is 61.5 Å². The summed E-state index contributed by atoms with van der Waals surface area (Å²) in [4.78, 5) is 37.1. The minimum atomic E-state index is -0.376. The SMILES string of the molecule is Cc1ccc(CN(C(=O)c2ccco2)c2nc3nc(C)c(Cc4ccccc4)c(=O)n3[nH]2)cc1. The number of anilines is 1. The van der Waals surface area contributed by atoms with Crippen molar-refractivity contribution in [2.75, 3.05) is 4.90 Å². The molecule has 8 heteroatoms. The Morgan fingerprint density at radius 1 is 0.971 bits per heavy atom. The summed E-state index contributed by atoms with van der Waals surface area (Å²) >= 11 is 0. The second-order valence-corrected chi connectivity index (χ2v) is 8.18. The predicted molar refractivity (Wildman–Crippen MR) is 128 cm³/mol. The molecule has 0 aliphatic carbocycles. The maximum atomic E-state index is 13.3. The van der Waals surface area contributed by atoms with Crippen LogP contribution in [0, 0.1) is 13.8 Å². The van der Waals surface area contributed by atoms with Crippen LogP contribution in [0.4, 0.5) is 5.95 Å². The Bertz CT molecular complexity index is 1500. The van der Waals surface area contributed by atoms with E-state index in [1.165, 1.54) is 15.7 Å². The van der Waals surface area contributed by atoms with Gasteiger partial charge in [-0.2, -0.15) is 9.50 Å². The summed E-state index contributed by atoms with van der Waals surface area (Å²) in [6, 6.07) is 20.9. The van der Waals surface area contributed by atoms with Gasteiger partial charge in [-0.1, -0.05) is 60.2 Å². The molecule has 5 aromatic rings. The number of fused-ring (bicyclic) bond motifs is 1. The van der Waals surface area contributed by atoms with Gasteiger partial charge in [0.2, 0.25) is 5.95 Å². The number of nitrogens with zero attached hydrogens (tertiary/aromatic N) is 4. The number of carbonyl (C=O) groups excluding carboxylic acids is 1. The highest BCUT2D eigenvalue weighted by Gasteiger charge is 2.25. The maximum absolute atomic E-state index is 13.3. The molecule has 5 rings (SSSR count). The monoisotopic (exact) mass is 453 g/mol. The Kier molecular flexibility index (Phi) is 5.55. The molecule has 0 fully saturated rings. The number of furan rings is 1. The van der Waals surface area contributed by atoms with Crippen LogP contribution in [0.2, 0.25) is 0 Å². The van der Waals surface area contributed by atoms with Gasteiger partial charge in [0.05, 0.1) is 18.5 Å². The first-order valence-corrected chi connectivity index (χ1v) is 10.9. The minimum Gasteiger partial charge on any atom is -0.459 e. The second-order valence-electron chi connectivity index (χ2n) is 8.18. The predicted octanol–water partition coefficient (Wildman–Crippen LogP) is 4.07. The van der Waals surface area contributed by atoms with E-state index in [0.29, 0.717) is 17.7 Å². The zero-order valence-electron chi connectivity index (χ0n) is 18.9. The molecule has 0 saturated carbocycles. The third-order valence-electron chi connectivity index (χ3n) is 5.70. The normalized spacial score (nSPS) is 11.1. The van der Waals surface area contributed by atoms with E-state index >= 15 is 0 Å². The maximum Gasteiger partial charge on any atom is 0.296 e. The van der Waals surface area contributed by atoms with Crippen LogP contribution < -0.4 is 10.5 Å². The Morgan fingerprint density at radius 3 is 2.44 bits per heavy atom. The van der Waals surface area contributed by atoms with Crippen molar-refractivity contribution in [1.29, 1.82) is 0 Å². The van der Waals surface area contributed by atoms with Gasteiger partial charge < -0.3 is 4.42 Å². The van der Waals surface area contributed by atoms with Crippen molar-refractivity contribution in [3.8, 4) is 0 Å². The molecule has 0 aliphatic heterocycles. The van der Waals surface area contributed by atoms with E-state index in [4.69, 9.17) is 4.42 Å². The van der Waals surface area contributed by atoms with Crippen LogP contribution in [0.25, 0.3) is 5.78 Å². The molecule has 3 aromatic heterocycles. The fraction of sp³-hybridized carbons (Fsp3) is 0.154. The van der Waals surface area contributed by atoms with E-state index in [1.54, 1.807) is 19.1 Å². The molecule has 0 unspecified atom stereocenters. The fourth-order valence-electron chi connectivity index (χ4n) is 3.82. The lowest BCUT2D eigenvalue weighted by atomic mass is 10.1. The van der Waals surface area contributed by atoms with E-state index in [0.717, 1.165) is 16.7 Å². The van der Waals surface area contributed by atoms with Gasteiger partial charge in [0.25, 0.3) is 17.2 Å². The van der Waals surface area contributed by atoms with Gasteiger partial charge >= 0.3 is 0 Å². The number of rotatable bonds is 6. The summed E-state index contributed by atoms with van der Waals surface area (Å²) in [5.74, 6) is 0.214.